The molecule has 1 rings (SSSR count). The van der Waals surface area contributed by atoms with Crippen LogP contribution in [-0.2, 0) is 11.2 Å². The average molecular weight is 249 g/mol. The molecule has 0 aromatic heterocycles. The number of aliphatic hydroxyl groups excluding tert-OH is 1. The molecule has 0 radical (unpaired) electrons. The molecule has 0 bridgehead atoms. The second kappa shape index (κ2) is 7.88. The maximum Gasteiger partial charge on any atom is 0.220 e. The minimum absolute atomic E-state index is 0.0141. The highest BCUT2D eigenvalue weighted by molar-refractivity contribution is 5.76. The first kappa shape index (κ1) is 14.7. The third-order valence-corrected chi connectivity index (χ3v) is 3.07. The molecule has 0 aliphatic rings. The summed E-state index contributed by atoms with van der Waals surface area (Å²) in [5.41, 5.74) is 2.52. The van der Waals surface area contributed by atoms with Gasteiger partial charge in [0.1, 0.15) is 0 Å². The van der Waals surface area contributed by atoms with Crippen molar-refractivity contribution in [3.8, 4) is 0 Å². The molecule has 1 atom stereocenters. The minimum atomic E-state index is -0.100. The van der Waals surface area contributed by atoms with E-state index in [1.54, 1.807) is 0 Å². The zero-order valence-corrected chi connectivity index (χ0v) is 11.3. The maximum atomic E-state index is 11.6. The van der Waals surface area contributed by atoms with Gasteiger partial charge in [0.15, 0.2) is 0 Å². The second-order valence-electron chi connectivity index (χ2n) is 4.69. The van der Waals surface area contributed by atoms with Crippen molar-refractivity contribution in [3.63, 3.8) is 0 Å². The quantitative estimate of drug-likeness (QED) is 0.778. The summed E-state index contributed by atoms with van der Waals surface area (Å²) in [5, 5.41) is 11.8. The van der Waals surface area contributed by atoms with Crippen LogP contribution in [0.15, 0.2) is 24.3 Å². The fraction of sp³-hybridized carbons (Fsp3) is 0.533. The number of amides is 1. The van der Waals surface area contributed by atoms with Crippen molar-refractivity contribution >= 4 is 5.91 Å². The van der Waals surface area contributed by atoms with Gasteiger partial charge in [0.05, 0.1) is 12.6 Å². The highest BCUT2D eigenvalue weighted by Gasteiger charge is 2.08. The molecular weight excluding hydrogens is 226 g/mol. The minimum Gasteiger partial charge on any atom is -0.394 e. The molecule has 3 heteroatoms. The van der Waals surface area contributed by atoms with E-state index in [1.807, 2.05) is 6.92 Å². The molecular formula is C15H23NO2. The first-order valence-electron chi connectivity index (χ1n) is 6.61. The summed E-state index contributed by atoms with van der Waals surface area (Å²) < 4.78 is 0. The normalized spacial score (nSPS) is 12.2. The smallest absolute Gasteiger partial charge is 0.220 e. The van der Waals surface area contributed by atoms with Gasteiger partial charge < -0.3 is 10.4 Å². The van der Waals surface area contributed by atoms with E-state index in [1.165, 1.54) is 11.1 Å². The Morgan fingerprint density at radius 3 is 2.56 bits per heavy atom. The van der Waals surface area contributed by atoms with E-state index in [-0.39, 0.29) is 18.6 Å². The van der Waals surface area contributed by atoms with Crippen LogP contribution in [0.3, 0.4) is 0 Å². The Bertz CT molecular complexity index is 355. The SMILES string of the molecule is CCC(CO)NC(=O)CCCc1ccc(C)cc1. The number of rotatable bonds is 7. The van der Waals surface area contributed by atoms with Crippen LogP contribution in [0.25, 0.3) is 0 Å². The molecule has 18 heavy (non-hydrogen) atoms. The van der Waals surface area contributed by atoms with Crippen LogP contribution in [0.2, 0.25) is 0 Å². The van der Waals surface area contributed by atoms with Crippen molar-refractivity contribution in [3.05, 3.63) is 35.4 Å². The molecule has 0 aliphatic heterocycles. The topological polar surface area (TPSA) is 49.3 Å². The fourth-order valence-corrected chi connectivity index (χ4v) is 1.78. The van der Waals surface area contributed by atoms with Crippen LogP contribution in [0, 0.1) is 6.92 Å². The van der Waals surface area contributed by atoms with Crippen LogP contribution in [0.1, 0.15) is 37.3 Å². The van der Waals surface area contributed by atoms with E-state index in [0.717, 1.165) is 19.3 Å². The molecule has 0 saturated heterocycles. The third kappa shape index (κ3) is 5.32. The van der Waals surface area contributed by atoms with Gasteiger partial charge in [-0.15, -0.1) is 0 Å². The number of hydrogen-bond acceptors (Lipinski definition) is 2. The Morgan fingerprint density at radius 1 is 1.33 bits per heavy atom. The predicted molar refractivity (Wildman–Crippen MR) is 73.4 cm³/mol. The van der Waals surface area contributed by atoms with Crippen molar-refractivity contribution in [1.29, 1.82) is 0 Å². The lowest BCUT2D eigenvalue weighted by Gasteiger charge is -2.13. The van der Waals surface area contributed by atoms with Crippen molar-refractivity contribution in [1.82, 2.24) is 5.32 Å². The van der Waals surface area contributed by atoms with E-state index >= 15 is 0 Å². The number of nitrogens with one attached hydrogen (secondary N) is 1. The molecule has 0 heterocycles. The third-order valence-electron chi connectivity index (χ3n) is 3.07. The fourth-order valence-electron chi connectivity index (χ4n) is 1.78. The summed E-state index contributed by atoms with van der Waals surface area (Å²) in [6.07, 6.45) is 3.05. The molecule has 0 aliphatic carbocycles. The van der Waals surface area contributed by atoms with Gasteiger partial charge in [-0.1, -0.05) is 36.8 Å². The van der Waals surface area contributed by atoms with Gasteiger partial charge in [-0.05, 0) is 31.7 Å². The van der Waals surface area contributed by atoms with Gasteiger partial charge in [0, 0.05) is 6.42 Å². The monoisotopic (exact) mass is 249 g/mol. The standard InChI is InChI=1S/C15H23NO2/c1-3-14(11-17)16-15(18)6-4-5-13-9-7-12(2)8-10-13/h7-10,14,17H,3-6,11H2,1-2H3,(H,16,18). The van der Waals surface area contributed by atoms with E-state index in [2.05, 4.69) is 36.5 Å². The number of aliphatic hydroxyl groups is 1. The molecule has 0 saturated carbocycles. The van der Waals surface area contributed by atoms with Crippen LogP contribution >= 0.6 is 0 Å². The van der Waals surface area contributed by atoms with E-state index in [0.29, 0.717) is 6.42 Å². The summed E-state index contributed by atoms with van der Waals surface area (Å²) in [6, 6.07) is 8.30. The van der Waals surface area contributed by atoms with Crippen molar-refractivity contribution in [2.24, 2.45) is 0 Å². The Balaban J connectivity index is 2.25. The molecule has 1 aromatic carbocycles. The number of aryl methyl sites for hydroxylation is 2. The first-order valence-corrected chi connectivity index (χ1v) is 6.61. The lowest BCUT2D eigenvalue weighted by atomic mass is 10.1. The van der Waals surface area contributed by atoms with Crippen LogP contribution in [0.4, 0.5) is 0 Å². The summed E-state index contributed by atoms with van der Waals surface area (Å²) in [4.78, 5) is 11.6. The highest BCUT2D eigenvalue weighted by atomic mass is 16.3. The zero-order chi connectivity index (χ0) is 13.4. The van der Waals surface area contributed by atoms with Crippen LogP contribution < -0.4 is 5.32 Å². The van der Waals surface area contributed by atoms with Crippen LogP contribution in [0.5, 0.6) is 0 Å². The highest BCUT2D eigenvalue weighted by Crippen LogP contribution is 2.07. The summed E-state index contributed by atoms with van der Waals surface area (Å²) in [6.45, 7) is 4.03. The second-order valence-corrected chi connectivity index (χ2v) is 4.69. The molecule has 0 fully saturated rings. The first-order chi connectivity index (χ1) is 8.65. The molecule has 100 valence electrons. The van der Waals surface area contributed by atoms with Gasteiger partial charge in [0.2, 0.25) is 5.91 Å². The molecule has 0 spiro atoms. The maximum absolute atomic E-state index is 11.6. The molecule has 3 nitrogen and oxygen atoms in total. The molecule has 1 aromatic rings. The Kier molecular flexibility index (Phi) is 6.44. The van der Waals surface area contributed by atoms with E-state index in [9.17, 15) is 4.79 Å². The van der Waals surface area contributed by atoms with Gasteiger partial charge >= 0.3 is 0 Å². The van der Waals surface area contributed by atoms with E-state index < -0.39 is 0 Å². The lowest BCUT2D eigenvalue weighted by Crippen LogP contribution is -2.36. The predicted octanol–water partition coefficient (Wildman–Crippen LogP) is 2.20. The molecule has 2 N–H and O–H groups in total. The van der Waals surface area contributed by atoms with Gasteiger partial charge in [0.25, 0.3) is 0 Å². The number of hydrogen-bond donors (Lipinski definition) is 2. The lowest BCUT2D eigenvalue weighted by molar-refractivity contribution is -0.122. The van der Waals surface area contributed by atoms with Crippen molar-refractivity contribution in [2.75, 3.05) is 6.61 Å². The number of carbonyl (C=O) groups excluding carboxylic acids is 1. The molecule has 1 amide bonds. The number of benzene rings is 1. The van der Waals surface area contributed by atoms with Gasteiger partial charge in [-0.3, -0.25) is 4.79 Å². The van der Waals surface area contributed by atoms with Crippen molar-refractivity contribution < 1.29 is 9.90 Å². The molecule has 1 unspecified atom stereocenters. The Hall–Kier alpha value is -1.35. The largest absolute Gasteiger partial charge is 0.394 e. The summed E-state index contributed by atoms with van der Waals surface area (Å²) in [5.74, 6) is 0.0306. The summed E-state index contributed by atoms with van der Waals surface area (Å²) in [7, 11) is 0. The Labute approximate surface area is 109 Å². The zero-order valence-electron chi connectivity index (χ0n) is 11.3. The average Bonchev–Trinajstić information content (AvgIpc) is 2.38. The van der Waals surface area contributed by atoms with Gasteiger partial charge in [-0.2, -0.15) is 0 Å². The van der Waals surface area contributed by atoms with Crippen molar-refractivity contribution in [2.45, 2.75) is 45.6 Å². The van der Waals surface area contributed by atoms with E-state index in [4.69, 9.17) is 5.11 Å². The van der Waals surface area contributed by atoms with Crippen LogP contribution in [-0.4, -0.2) is 23.7 Å². The summed E-state index contributed by atoms with van der Waals surface area (Å²) >= 11 is 0. The Morgan fingerprint density at radius 2 is 2.00 bits per heavy atom. The van der Waals surface area contributed by atoms with Gasteiger partial charge in [-0.25, -0.2) is 0 Å². The number of carbonyl (C=O) groups is 1.